The molecule has 0 heterocycles. The van der Waals surface area contributed by atoms with E-state index in [-0.39, 0.29) is 11.3 Å². The quantitative estimate of drug-likeness (QED) is 0.827. The van der Waals surface area contributed by atoms with Gasteiger partial charge in [-0.05, 0) is 41.4 Å². The molecule has 3 heteroatoms. The zero-order valence-electron chi connectivity index (χ0n) is 14.0. The van der Waals surface area contributed by atoms with Crippen LogP contribution in [0.2, 0.25) is 0 Å². The second-order valence-corrected chi connectivity index (χ2v) is 7.80. The van der Waals surface area contributed by atoms with Crippen LogP contribution in [0.25, 0.3) is 0 Å². The maximum atomic E-state index is 10.9. The molecular weight excluding hydrogens is 262 g/mol. The summed E-state index contributed by atoms with van der Waals surface area (Å²) in [6, 6.07) is 8.28. The first kappa shape index (κ1) is 17.5. The summed E-state index contributed by atoms with van der Waals surface area (Å²) in [5.74, 6) is 0.620. The highest BCUT2D eigenvalue weighted by molar-refractivity contribution is 5.73. The lowest BCUT2D eigenvalue weighted by Crippen LogP contribution is -2.24. The van der Waals surface area contributed by atoms with Crippen LogP contribution in [0.4, 0.5) is 0 Å². The smallest absolute Gasteiger partial charge is 0.217 e. The fourth-order valence-electron chi connectivity index (χ4n) is 2.13. The summed E-state index contributed by atoms with van der Waals surface area (Å²) in [5, 5.41) is 0. The summed E-state index contributed by atoms with van der Waals surface area (Å²) in [6.45, 7) is 11.5. The van der Waals surface area contributed by atoms with Gasteiger partial charge in [0, 0.05) is 6.42 Å². The number of rotatable bonds is 7. The highest BCUT2D eigenvalue weighted by Gasteiger charge is 2.20. The molecule has 1 amide bonds. The van der Waals surface area contributed by atoms with Gasteiger partial charge in [-0.1, -0.05) is 46.8 Å². The lowest BCUT2D eigenvalue weighted by molar-refractivity contribution is -0.118. The van der Waals surface area contributed by atoms with Crippen molar-refractivity contribution in [3.05, 3.63) is 29.8 Å². The van der Waals surface area contributed by atoms with Crippen LogP contribution in [0.1, 0.15) is 53.0 Å². The van der Waals surface area contributed by atoms with Gasteiger partial charge in [0.15, 0.2) is 0 Å². The summed E-state index contributed by atoms with van der Waals surface area (Å²) in [5.41, 5.74) is 6.75. The Morgan fingerprint density at radius 3 is 2.14 bits per heavy atom. The number of primary amides is 1. The predicted octanol–water partition coefficient (Wildman–Crippen LogP) is 3.95. The Labute approximate surface area is 128 Å². The number of benzene rings is 1. The number of hydrogen-bond acceptors (Lipinski definition) is 2. The molecule has 0 aliphatic carbocycles. The van der Waals surface area contributed by atoms with E-state index in [1.165, 1.54) is 5.56 Å². The molecule has 0 fully saturated rings. The maximum Gasteiger partial charge on any atom is 0.217 e. The molecule has 3 nitrogen and oxygen atoms in total. The first-order valence-electron chi connectivity index (χ1n) is 7.57. The van der Waals surface area contributed by atoms with Gasteiger partial charge in [0.1, 0.15) is 5.75 Å². The number of carbonyl (C=O) groups excluding carboxylic acids is 1. The molecule has 1 aromatic rings. The van der Waals surface area contributed by atoms with Gasteiger partial charge in [0.05, 0.1) is 6.61 Å². The van der Waals surface area contributed by atoms with Gasteiger partial charge in [-0.25, -0.2) is 0 Å². The third-order valence-corrected chi connectivity index (χ3v) is 3.34. The van der Waals surface area contributed by atoms with E-state index in [1.807, 2.05) is 12.1 Å². The average Bonchev–Trinajstić information content (AvgIpc) is 2.34. The van der Waals surface area contributed by atoms with E-state index in [9.17, 15) is 4.79 Å². The van der Waals surface area contributed by atoms with Crippen LogP contribution >= 0.6 is 0 Å². The third-order valence-electron chi connectivity index (χ3n) is 3.34. The highest BCUT2D eigenvalue weighted by atomic mass is 16.5. The molecule has 0 radical (unpaired) electrons. The molecule has 1 rings (SSSR count). The molecular formula is C18H29NO2. The lowest BCUT2D eigenvalue weighted by Gasteiger charge is -2.24. The Kier molecular flexibility index (Phi) is 5.82. The van der Waals surface area contributed by atoms with Crippen LogP contribution in [-0.2, 0) is 11.2 Å². The van der Waals surface area contributed by atoms with Crippen molar-refractivity contribution in [1.82, 2.24) is 0 Å². The van der Waals surface area contributed by atoms with Gasteiger partial charge >= 0.3 is 0 Å². The van der Waals surface area contributed by atoms with Crippen LogP contribution in [0.5, 0.6) is 5.75 Å². The summed E-state index contributed by atoms with van der Waals surface area (Å²) >= 11 is 0. The molecule has 0 aliphatic heterocycles. The minimum atomic E-state index is -0.255. The van der Waals surface area contributed by atoms with Crippen molar-refractivity contribution in [3.63, 3.8) is 0 Å². The van der Waals surface area contributed by atoms with Crippen molar-refractivity contribution in [2.75, 3.05) is 6.61 Å². The van der Waals surface area contributed by atoms with E-state index >= 15 is 0 Å². The Balaban J connectivity index is 2.50. The zero-order chi connectivity index (χ0) is 16.1. The molecule has 0 atom stereocenters. The van der Waals surface area contributed by atoms with E-state index in [0.29, 0.717) is 18.4 Å². The van der Waals surface area contributed by atoms with Gasteiger partial charge in [-0.3, -0.25) is 4.79 Å². The molecule has 0 unspecified atom stereocenters. The fraction of sp³-hybridized carbons (Fsp3) is 0.611. The van der Waals surface area contributed by atoms with Gasteiger partial charge in [-0.15, -0.1) is 0 Å². The van der Waals surface area contributed by atoms with Crippen LogP contribution in [0.15, 0.2) is 24.3 Å². The first-order chi connectivity index (χ1) is 9.57. The van der Waals surface area contributed by atoms with Crippen molar-refractivity contribution in [3.8, 4) is 5.75 Å². The second kappa shape index (κ2) is 6.97. The average molecular weight is 291 g/mol. The minimum Gasteiger partial charge on any atom is -0.493 e. The predicted molar refractivity (Wildman–Crippen MR) is 87.3 cm³/mol. The summed E-state index contributed by atoms with van der Waals surface area (Å²) in [7, 11) is 0. The van der Waals surface area contributed by atoms with E-state index in [0.717, 1.165) is 18.6 Å². The molecule has 21 heavy (non-hydrogen) atoms. The standard InChI is InChI=1S/C18H29NO2/c1-17(2,3)12-14-6-8-15(9-7-14)21-13-18(4,5)11-10-16(19)20/h6-9H,10-13H2,1-5H3,(H2,19,20). The third kappa shape index (κ3) is 7.74. The van der Waals surface area contributed by atoms with Gasteiger partial charge in [0.25, 0.3) is 0 Å². The number of nitrogens with two attached hydrogens (primary N) is 1. The number of carbonyl (C=O) groups is 1. The van der Waals surface area contributed by atoms with Crippen LogP contribution < -0.4 is 10.5 Å². The van der Waals surface area contributed by atoms with Crippen LogP contribution in [0, 0.1) is 10.8 Å². The summed E-state index contributed by atoms with van der Waals surface area (Å²) < 4.78 is 5.84. The maximum absolute atomic E-state index is 10.9. The molecule has 0 bridgehead atoms. The molecule has 0 saturated carbocycles. The topological polar surface area (TPSA) is 52.3 Å². The van der Waals surface area contributed by atoms with Gasteiger partial charge in [-0.2, -0.15) is 0 Å². The molecule has 118 valence electrons. The van der Waals surface area contributed by atoms with Crippen LogP contribution in [0.3, 0.4) is 0 Å². The van der Waals surface area contributed by atoms with E-state index < -0.39 is 0 Å². The normalized spacial score (nSPS) is 12.2. The number of amides is 1. The second-order valence-electron chi connectivity index (χ2n) is 7.80. The molecule has 0 saturated heterocycles. The summed E-state index contributed by atoms with van der Waals surface area (Å²) in [6.07, 6.45) is 2.20. The van der Waals surface area contributed by atoms with Gasteiger partial charge < -0.3 is 10.5 Å². The minimum absolute atomic E-state index is 0.0564. The zero-order valence-corrected chi connectivity index (χ0v) is 14.0. The van der Waals surface area contributed by atoms with E-state index in [2.05, 4.69) is 46.8 Å². The Morgan fingerprint density at radius 2 is 1.67 bits per heavy atom. The SMILES string of the molecule is CC(C)(C)Cc1ccc(OCC(C)(C)CCC(N)=O)cc1. The Bertz CT molecular complexity index is 455. The van der Waals surface area contributed by atoms with Crippen LogP contribution in [-0.4, -0.2) is 12.5 Å². The Morgan fingerprint density at radius 1 is 1.10 bits per heavy atom. The van der Waals surface area contributed by atoms with Crippen molar-refractivity contribution in [2.45, 2.75) is 53.9 Å². The summed E-state index contributed by atoms with van der Waals surface area (Å²) in [4.78, 5) is 10.9. The van der Waals surface area contributed by atoms with Crippen molar-refractivity contribution < 1.29 is 9.53 Å². The largest absolute Gasteiger partial charge is 0.493 e. The fourth-order valence-corrected chi connectivity index (χ4v) is 2.13. The monoisotopic (exact) mass is 291 g/mol. The van der Waals surface area contributed by atoms with Crippen molar-refractivity contribution >= 4 is 5.91 Å². The number of hydrogen-bond donors (Lipinski definition) is 1. The lowest BCUT2D eigenvalue weighted by atomic mass is 9.88. The van der Waals surface area contributed by atoms with Gasteiger partial charge in [0.2, 0.25) is 5.91 Å². The molecule has 1 aromatic carbocycles. The molecule has 0 spiro atoms. The molecule has 0 aliphatic rings. The Hall–Kier alpha value is -1.51. The molecule has 0 aromatic heterocycles. The van der Waals surface area contributed by atoms with Crippen molar-refractivity contribution in [2.24, 2.45) is 16.6 Å². The highest BCUT2D eigenvalue weighted by Crippen LogP contribution is 2.25. The first-order valence-corrected chi connectivity index (χ1v) is 7.57. The molecule has 2 N–H and O–H groups in total. The van der Waals surface area contributed by atoms with Crippen molar-refractivity contribution in [1.29, 1.82) is 0 Å². The number of ether oxygens (including phenoxy) is 1. The van der Waals surface area contributed by atoms with E-state index in [4.69, 9.17) is 10.5 Å². The van der Waals surface area contributed by atoms with E-state index in [1.54, 1.807) is 0 Å².